The van der Waals surface area contributed by atoms with Gasteiger partial charge >= 0.3 is 16.0 Å². The van der Waals surface area contributed by atoms with Crippen molar-refractivity contribution in [3.05, 3.63) is 92.5 Å². The molecule has 2 aromatic carbocycles. The molecule has 3 rings (SSSR count). The Morgan fingerprint density at radius 1 is 1.00 bits per heavy atom. The lowest BCUT2D eigenvalue weighted by Crippen LogP contribution is -2.42. The maximum absolute atomic E-state index is 13.0. The van der Waals surface area contributed by atoms with E-state index >= 15 is 0 Å². The zero-order chi connectivity index (χ0) is 23.6. The van der Waals surface area contributed by atoms with Gasteiger partial charge in [-0.3, -0.25) is 23.9 Å². The number of anilines is 2. The third-order valence-electron chi connectivity index (χ3n) is 4.11. The van der Waals surface area contributed by atoms with Crippen molar-refractivity contribution in [3.63, 3.8) is 0 Å². The number of hydrazine groups is 1. The summed E-state index contributed by atoms with van der Waals surface area (Å²) in [6.07, 6.45) is 0.747. The summed E-state index contributed by atoms with van der Waals surface area (Å²) in [6.45, 7) is 0. The van der Waals surface area contributed by atoms with Gasteiger partial charge in [-0.25, -0.2) is 24.3 Å². The van der Waals surface area contributed by atoms with Crippen LogP contribution in [0.2, 0.25) is 0 Å². The van der Waals surface area contributed by atoms with Crippen LogP contribution in [0.5, 0.6) is 0 Å². The van der Waals surface area contributed by atoms with Crippen molar-refractivity contribution in [2.75, 3.05) is 4.31 Å². The summed E-state index contributed by atoms with van der Waals surface area (Å²) in [5.74, 6) is 2.95. The minimum absolute atomic E-state index is 0.0854. The van der Waals surface area contributed by atoms with Crippen LogP contribution in [0.4, 0.5) is 15.8 Å². The Morgan fingerprint density at radius 3 is 2.22 bits per heavy atom. The molecule has 1 aromatic heterocycles. The number of carbonyl (C=O) groups is 2. The van der Waals surface area contributed by atoms with Crippen LogP contribution in [0.15, 0.2) is 64.3 Å². The highest BCUT2D eigenvalue weighted by Crippen LogP contribution is 2.26. The Kier molecular flexibility index (Phi) is 6.02. The second kappa shape index (κ2) is 8.54. The van der Waals surface area contributed by atoms with E-state index in [-0.39, 0.29) is 26.1 Å². The molecule has 166 valence electrons. The van der Waals surface area contributed by atoms with E-state index in [1.807, 2.05) is 0 Å². The summed E-state index contributed by atoms with van der Waals surface area (Å²) in [5.41, 5.74) is -3.49. The molecular formula is C18H14FN5O7S. The van der Waals surface area contributed by atoms with Gasteiger partial charge in [-0.15, -0.1) is 0 Å². The normalized spacial score (nSPS) is 11.1. The van der Waals surface area contributed by atoms with Crippen molar-refractivity contribution in [3.8, 4) is 0 Å². The second-order valence-corrected chi connectivity index (χ2v) is 7.50. The molecule has 12 nitrogen and oxygen atoms in total. The van der Waals surface area contributed by atoms with Crippen LogP contribution in [-0.2, 0) is 10.3 Å². The molecule has 1 heterocycles. The van der Waals surface area contributed by atoms with Crippen LogP contribution < -0.4 is 21.4 Å². The van der Waals surface area contributed by atoms with Gasteiger partial charge in [0.15, 0.2) is 0 Å². The lowest BCUT2D eigenvalue weighted by Gasteiger charge is -2.21. The lowest BCUT2D eigenvalue weighted by atomic mass is 10.1. The van der Waals surface area contributed by atoms with Gasteiger partial charge in [-0.2, -0.15) is 8.42 Å². The molecule has 0 saturated carbocycles. The third-order valence-corrected chi connectivity index (χ3v) is 4.97. The maximum Gasteiger partial charge on any atom is 0.364 e. The van der Waals surface area contributed by atoms with Crippen LogP contribution in [0, 0.1) is 5.82 Å². The quantitative estimate of drug-likeness (QED) is 0.137. The Balaban J connectivity index is 2.00. The highest BCUT2D eigenvalue weighted by atomic mass is 32.2. The Hall–Kier alpha value is -4.14. The summed E-state index contributed by atoms with van der Waals surface area (Å²) in [4.78, 5) is 52.2. The first-order valence-electron chi connectivity index (χ1n) is 8.58. The van der Waals surface area contributed by atoms with E-state index in [1.165, 1.54) is 12.1 Å². The summed E-state index contributed by atoms with van der Waals surface area (Å²) >= 11 is 0. The van der Waals surface area contributed by atoms with E-state index in [4.69, 9.17) is 5.84 Å². The number of carbonyl (C=O) groups excluding carboxylic acids is 2. The minimum atomic E-state index is -5.10. The number of nitrogens with one attached hydrogen (secondary N) is 2. The summed E-state index contributed by atoms with van der Waals surface area (Å²) in [5, 5.41) is 0.233. The van der Waals surface area contributed by atoms with Crippen LogP contribution in [0.25, 0.3) is 0 Å². The Labute approximate surface area is 178 Å². The fourth-order valence-corrected chi connectivity index (χ4v) is 3.44. The molecule has 2 amide bonds. The molecule has 32 heavy (non-hydrogen) atoms. The van der Waals surface area contributed by atoms with Crippen molar-refractivity contribution in [1.82, 2.24) is 15.0 Å². The number of nitrogens with two attached hydrogens (primary N) is 1. The number of hydrogen-bond acceptors (Lipinski definition) is 7. The molecule has 5 N–H and O–H groups in total. The maximum atomic E-state index is 13.0. The molecule has 0 atom stereocenters. The van der Waals surface area contributed by atoms with Crippen molar-refractivity contribution in [1.29, 1.82) is 0 Å². The number of aromatic amines is 2. The predicted octanol–water partition coefficient (Wildman–Crippen LogP) is 0.300. The van der Waals surface area contributed by atoms with E-state index < -0.39 is 44.9 Å². The average Bonchev–Trinajstić information content (AvgIpc) is 2.74. The SMILES string of the molecule is NN(C(=O)c1ccc(F)cc1)C(=O)c1cccc(N(c2c[nH]c(=O)[nH]c2=O)S(=O)(=O)O)c1. The molecule has 0 unspecified atom stereocenters. The van der Waals surface area contributed by atoms with Gasteiger partial charge in [0, 0.05) is 17.3 Å². The molecule has 3 aromatic rings. The van der Waals surface area contributed by atoms with Gasteiger partial charge in [0.1, 0.15) is 11.5 Å². The number of amides is 2. The zero-order valence-electron chi connectivity index (χ0n) is 15.9. The summed E-state index contributed by atoms with van der Waals surface area (Å²) in [6, 6.07) is 8.71. The van der Waals surface area contributed by atoms with Gasteiger partial charge in [-0.05, 0) is 42.5 Å². The van der Waals surface area contributed by atoms with E-state index in [0.29, 0.717) is 0 Å². The molecule has 0 aliphatic carbocycles. The van der Waals surface area contributed by atoms with E-state index in [2.05, 4.69) is 4.98 Å². The summed E-state index contributed by atoms with van der Waals surface area (Å²) < 4.78 is 46.7. The Morgan fingerprint density at radius 2 is 1.62 bits per heavy atom. The number of rotatable bonds is 5. The van der Waals surface area contributed by atoms with Crippen LogP contribution in [0.1, 0.15) is 20.7 Å². The third kappa shape index (κ3) is 4.61. The molecule has 0 fully saturated rings. The molecule has 0 aliphatic rings. The second-order valence-electron chi connectivity index (χ2n) is 6.24. The van der Waals surface area contributed by atoms with Gasteiger partial charge < -0.3 is 4.98 Å². The number of hydrogen-bond donors (Lipinski definition) is 4. The smallest absolute Gasteiger partial charge is 0.312 e. The topological polar surface area (TPSA) is 187 Å². The zero-order valence-corrected chi connectivity index (χ0v) is 16.7. The fraction of sp³-hybridized carbons (Fsp3) is 0. The fourth-order valence-electron chi connectivity index (χ4n) is 2.68. The minimum Gasteiger partial charge on any atom is -0.312 e. The first kappa shape index (κ1) is 22.5. The molecule has 0 bridgehead atoms. The first-order valence-corrected chi connectivity index (χ1v) is 9.97. The number of aromatic nitrogens is 2. The van der Waals surface area contributed by atoms with E-state index in [1.54, 1.807) is 4.98 Å². The van der Waals surface area contributed by atoms with Gasteiger partial charge in [0.25, 0.3) is 17.4 Å². The van der Waals surface area contributed by atoms with Gasteiger partial charge in [0.2, 0.25) is 0 Å². The van der Waals surface area contributed by atoms with Crippen molar-refractivity contribution < 1.29 is 27.0 Å². The van der Waals surface area contributed by atoms with Crippen molar-refractivity contribution in [2.24, 2.45) is 5.84 Å². The van der Waals surface area contributed by atoms with E-state index in [0.717, 1.165) is 42.6 Å². The molecule has 14 heteroatoms. The monoisotopic (exact) mass is 463 g/mol. The largest absolute Gasteiger partial charge is 0.364 e. The average molecular weight is 463 g/mol. The number of benzene rings is 2. The number of H-pyrrole nitrogens is 2. The number of nitrogens with zero attached hydrogens (tertiary/aromatic N) is 2. The number of halogens is 1. The van der Waals surface area contributed by atoms with Gasteiger partial charge in [-0.1, -0.05) is 6.07 Å². The van der Waals surface area contributed by atoms with Crippen LogP contribution in [0.3, 0.4) is 0 Å². The standard InChI is InChI=1S/C18H14FN5O7S/c19-12-6-4-10(5-7-12)16(26)23(20)17(27)11-2-1-3-13(8-11)24(32(29,30)31)14-9-21-18(28)22-15(14)25/h1-9H,20H2,(H,29,30,31)(H2,21,22,25,28). The summed E-state index contributed by atoms with van der Waals surface area (Å²) in [7, 11) is -5.10. The van der Waals surface area contributed by atoms with Crippen LogP contribution in [-0.4, -0.2) is 39.8 Å². The molecule has 0 aliphatic heterocycles. The first-order chi connectivity index (χ1) is 15.0. The highest BCUT2D eigenvalue weighted by Gasteiger charge is 2.27. The van der Waals surface area contributed by atoms with Crippen LogP contribution >= 0.6 is 0 Å². The highest BCUT2D eigenvalue weighted by molar-refractivity contribution is 7.87. The lowest BCUT2D eigenvalue weighted by molar-refractivity contribution is 0.0615. The molecular weight excluding hydrogens is 449 g/mol. The predicted molar refractivity (Wildman–Crippen MR) is 109 cm³/mol. The van der Waals surface area contributed by atoms with Crippen molar-refractivity contribution >= 4 is 33.5 Å². The molecule has 0 radical (unpaired) electrons. The van der Waals surface area contributed by atoms with E-state index in [9.17, 15) is 36.5 Å². The number of imide groups is 1. The molecule has 0 spiro atoms. The molecule has 0 saturated heterocycles. The Bertz CT molecular complexity index is 1420. The van der Waals surface area contributed by atoms with Crippen molar-refractivity contribution in [2.45, 2.75) is 0 Å². The van der Waals surface area contributed by atoms with Gasteiger partial charge in [0.05, 0.1) is 5.69 Å².